The number of amides is 1. The lowest BCUT2D eigenvalue weighted by atomic mass is 9.94. The van der Waals surface area contributed by atoms with E-state index in [2.05, 4.69) is 31.3 Å². The van der Waals surface area contributed by atoms with Crippen LogP contribution in [0, 0.1) is 5.92 Å². The topological polar surface area (TPSA) is 52.6 Å². The maximum absolute atomic E-state index is 11.6. The SMILES string of the molecule is O=C(CC1CCN(I)CC1)NCCCCCO. The van der Waals surface area contributed by atoms with Crippen molar-refractivity contribution in [3.63, 3.8) is 0 Å². The van der Waals surface area contributed by atoms with Gasteiger partial charge in [0.2, 0.25) is 5.91 Å². The van der Waals surface area contributed by atoms with Gasteiger partial charge in [0, 0.05) is 55.5 Å². The molecule has 0 aliphatic carbocycles. The smallest absolute Gasteiger partial charge is 0.220 e. The highest BCUT2D eigenvalue weighted by Crippen LogP contribution is 2.22. The summed E-state index contributed by atoms with van der Waals surface area (Å²) in [5.41, 5.74) is 0. The zero-order chi connectivity index (χ0) is 12.5. The summed E-state index contributed by atoms with van der Waals surface area (Å²) in [5, 5.41) is 11.6. The van der Waals surface area contributed by atoms with Gasteiger partial charge in [-0.05, 0) is 38.0 Å². The maximum atomic E-state index is 11.6. The first-order chi connectivity index (χ1) is 8.22. The Morgan fingerprint density at radius 1 is 1.29 bits per heavy atom. The lowest BCUT2D eigenvalue weighted by Gasteiger charge is -2.26. The first-order valence-corrected chi connectivity index (χ1v) is 7.47. The van der Waals surface area contributed by atoms with Crippen LogP contribution in [0.2, 0.25) is 0 Å². The second-order valence-corrected chi connectivity index (χ2v) is 6.06. The van der Waals surface area contributed by atoms with Crippen molar-refractivity contribution >= 4 is 28.8 Å². The van der Waals surface area contributed by atoms with Gasteiger partial charge in [-0.3, -0.25) is 4.79 Å². The highest BCUT2D eigenvalue weighted by atomic mass is 127. The Kier molecular flexibility index (Phi) is 8.13. The summed E-state index contributed by atoms with van der Waals surface area (Å²) >= 11 is 2.35. The van der Waals surface area contributed by atoms with Crippen LogP contribution in [0.3, 0.4) is 0 Å². The van der Waals surface area contributed by atoms with Crippen LogP contribution in [0.25, 0.3) is 0 Å². The Bertz CT molecular complexity index is 219. The summed E-state index contributed by atoms with van der Waals surface area (Å²) in [4.78, 5) is 11.6. The molecule has 0 spiro atoms. The molecule has 1 amide bonds. The van der Waals surface area contributed by atoms with Gasteiger partial charge in [0.15, 0.2) is 0 Å². The molecule has 0 saturated carbocycles. The lowest BCUT2D eigenvalue weighted by Crippen LogP contribution is -2.31. The number of carbonyl (C=O) groups is 1. The molecule has 0 aromatic heterocycles. The normalized spacial score (nSPS) is 18.2. The Morgan fingerprint density at radius 2 is 2.00 bits per heavy atom. The average molecular weight is 354 g/mol. The van der Waals surface area contributed by atoms with Crippen LogP contribution in [-0.2, 0) is 4.79 Å². The molecule has 100 valence electrons. The summed E-state index contributed by atoms with van der Waals surface area (Å²) in [6, 6.07) is 0. The number of hydrogen-bond acceptors (Lipinski definition) is 3. The van der Waals surface area contributed by atoms with Crippen LogP contribution < -0.4 is 5.32 Å². The first kappa shape index (κ1) is 15.2. The van der Waals surface area contributed by atoms with Crippen LogP contribution in [0.5, 0.6) is 0 Å². The Morgan fingerprint density at radius 3 is 2.65 bits per heavy atom. The number of rotatable bonds is 7. The molecule has 1 saturated heterocycles. The number of aliphatic hydroxyl groups is 1. The molecular weight excluding hydrogens is 331 g/mol. The minimum Gasteiger partial charge on any atom is -0.396 e. The van der Waals surface area contributed by atoms with E-state index in [0.29, 0.717) is 12.3 Å². The average Bonchev–Trinajstić information content (AvgIpc) is 2.32. The minimum atomic E-state index is 0.195. The third-order valence-corrected chi connectivity index (χ3v) is 4.16. The van der Waals surface area contributed by atoms with Crippen molar-refractivity contribution < 1.29 is 9.90 Å². The van der Waals surface area contributed by atoms with E-state index in [9.17, 15) is 4.79 Å². The number of aliphatic hydroxyl groups excluding tert-OH is 1. The standard InChI is InChI=1S/C12H23IN2O2/c13-15-7-4-11(5-8-15)10-12(17)14-6-2-1-3-9-16/h11,16H,1-10H2,(H,14,17). The van der Waals surface area contributed by atoms with Gasteiger partial charge in [-0.15, -0.1) is 0 Å². The maximum Gasteiger partial charge on any atom is 0.220 e. The Hall–Kier alpha value is 0.120. The summed E-state index contributed by atoms with van der Waals surface area (Å²) in [6.45, 7) is 3.22. The number of nitrogens with zero attached hydrogens (tertiary/aromatic N) is 1. The van der Waals surface area contributed by atoms with Crippen molar-refractivity contribution in [2.45, 2.75) is 38.5 Å². The van der Waals surface area contributed by atoms with Crippen molar-refractivity contribution in [3.05, 3.63) is 0 Å². The minimum absolute atomic E-state index is 0.195. The van der Waals surface area contributed by atoms with Gasteiger partial charge in [-0.2, -0.15) is 0 Å². The summed E-state index contributed by atoms with van der Waals surface area (Å²) < 4.78 is 2.29. The van der Waals surface area contributed by atoms with Crippen molar-refractivity contribution in [1.82, 2.24) is 8.43 Å². The van der Waals surface area contributed by atoms with E-state index in [4.69, 9.17) is 5.11 Å². The zero-order valence-electron chi connectivity index (χ0n) is 10.3. The van der Waals surface area contributed by atoms with Gasteiger partial charge in [-0.1, -0.05) is 0 Å². The number of unbranched alkanes of at least 4 members (excludes halogenated alkanes) is 2. The van der Waals surface area contributed by atoms with Gasteiger partial charge >= 0.3 is 0 Å². The van der Waals surface area contributed by atoms with Crippen LogP contribution in [0.1, 0.15) is 38.5 Å². The van der Waals surface area contributed by atoms with E-state index in [1.807, 2.05) is 0 Å². The molecule has 1 aliphatic rings. The van der Waals surface area contributed by atoms with E-state index in [1.54, 1.807) is 0 Å². The molecule has 0 unspecified atom stereocenters. The molecule has 0 aromatic carbocycles. The van der Waals surface area contributed by atoms with Crippen molar-refractivity contribution in [1.29, 1.82) is 0 Å². The van der Waals surface area contributed by atoms with E-state index in [-0.39, 0.29) is 12.5 Å². The number of carbonyl (C=O) groups excluding carboxylic acids is 1. The van der Waals surface area contributed by atoms with E-state index >= 15 is 0 Å². The third kappa shape index (κ3) is 7.21. The molecule has 1 aliphatic heterocycles. The van der Waals surface area contributed by atoms with E-state index < -0.39 is 0 Å². The molecule has 0 atom stereocenters. The van der Waals surface area contributed by atoms with Gasteiger partial charge in [0.1, 0.15) is 0 Å². The zero-order valence-corrected chi connectivity index (χ0v) is 12.5. The number of hydrogen-bond donors (Lipinski definition) is 2. The molecule has 0 bridgehead atoms. The fourth-order valence-corrected chi connectivity index (χ4v) is 2.64. The highest BCUT2D eigenvalue weighted by Gasteiger charge is 2.19. The van der Waals surface area contributed by atoms with Crippen molar-refractivity contribution in [2.75, 3.05) is 26.2 Å². The van der Waals surface area contributed by atoms with Crippen LogP contribution in [-0.4, -0.2) is 40.4 Å². The molecule has 0 radical (unpaired) electrons. The predicted molar refractivity (Wildman–Crippen MR) is 76.9 cm³/mol. The predicted octanol–water partition coefficient (Wildman–Crippen LogP) is 1.72. The molecule has 1 rings (SSSR count). The van der Waals surface area contributed by atoms with E-state index in [1.165, 1.54) is 0 Å². The second-order valence-electron chi connectivity index (χ2n) is 4.69. The number of nitrogens with one attached hydrogen (secondary N) is 1. The summed E-state index contributed by atoms with van der Waals surface area (Å²) in [7, 11) is 0. The molecular formula is C12H23IN2O2. The van der Waals surface area contributed by atoms with Crippen LogP contribution in [0.4, 0.5) is 0 Å². The number of halogens is 1. The molecule has 1 fully saturated rings. The molecule has 5 heteroatoms. The number of piperidine rings is 1. The molecule has 1 heterocycles. The highest BCUT2D eigenvalue weighted by molar-refractivity contribution is 14.1. The quantitative estimate of drug-likeness (QED) is 0.416. The van der Waals surface area contributed by atoms with Gasteiger partial charge in [0.25, 0.3) is 0 Å². The van der Waals surface area contributed by atoms with Gasteiger partial charge < -0.3 is 10.4 Å². The monoisotopic (exact) mass is 354 g/mol. The molecule has 2 N–H and O–H groups in total. The Balaban J connectivity index is 2.00. The summed E-state index contributed by atoms with van der Waals surface area (Å²) in [5.74, 6) is 0.763. The fraction of sp³-hybridized carbons (Fsp3) is 0.917. The summed E-state index contributed by atoms with van der Waals surface area (Å²) in [6.07, 6.45) is 5.76. The van der Waals surface area contributed by atoms with Gasteiger partial charge in [0.05, 0.1) is 0 Å². The second kappa shape index (κ2) is 9.10. The largest absolute Gasteiger partial charge is 0.396 e. The fourth-order valence-electron chi connectivity index (χ4n) is 2.08. The first-order valence-electron chi connectivity index (χ1n) is 6.50. The van der Waals surface area contributed by atoms with Crippen LogP contribution >= 0.6 is 22.9 Å². The van der Waals surface area contributed by atoms with Crippen molar-refractivity contribution in [2.24, 2.45) is 5.92 Å². The molecule has 4 nitrogen and oxygen atoms in total. The lowest BCUT2D eigenvalue weighted by molar-refractivity contribution is -0.122. The molecule has 0 aromatic rings. The van der Waals surface area contributed by atoms with Crippen molar-refractivity contribution in [3.8, 4) is 0 Å². The molecule has 17 heavy (non-hydrogen) atoms. The third-order valence-electron chi connectivity index (χ3n) is 3.19. The Labute approximate surface area is 118 Å². The van der Waals surface area contributed by atoms with Gasteiger partial charge in [-0.25, -0.2) is 3.11 Å². The van der Waals surface area contributed by atoms with Crippen LogP contribution in [0.15, 0.2) is 0 Å². The van der Waals surface area contributed by atoms with E-state index in [0.717, 1.165) is 51.7 Å².